The van der Waals surface area contributed by atoms with Crippen LogP contribution in [0.25, 0.3) is 11.3 Å². The molecule has 0 saturated carbocycles. The number of benzene rings is 1. The molecule has 2 aromatic rings. The predicted molar refractivity (Wildman–Crippen MR) is 83.2 cm³/mol. The number of hydrogen-bond donors (Lipinski definition) is 0. The van der Waals surface area contributed by atoms with Crippen LogP contribution in [0.2, 0.25) is 0 Å². The zero-order chi connectivity index (χ0) is 16.4. The van der Waals surface area contributed by atoms with Crippen LogP contribution < -0.4 is 0 Å². The molecule has 1 aliphatic heterocycles. The van der Waals surface area contributed by atoms with E-state index in [2.05, 4.69) is 5.10 Å². The van der Waals surface area contributed by atoms with Crippen LogP contribution in [0, 0.1) is 11.7 Å². The van der Waals surface area contributed by atoms with Gasteiger partial charge in [-0.25, -0.2) is 4.39 Å². The summed E-state index contributed by atoms with van der Waals surface area (Å²) in [7, 11) is 1.72. The topological polar surface area (TPSA) is 38.1 Å². The Labute approximate surface area is 133 Å². The molecular weight excluding hydrogens is 300 g/mol. The van der Waals surface area contributed by atoms with Gasteiger partial charge in [-0.3, -0.25) is 13.9 Å². The highest BCUT2D eigenvalue weighted by atomic mass is 19.1. The van der Waals surface area contributed by atoms with E-state index in [4.69, 9.17) is 0 Å². The van der Waals surface area contributed by atoms with Crippen molar-refractivity contribution in [1.29, 1.82) is 0 Å². The van der Waals surface area contributed by atoms with Crippen molar-refractivity contribution in [1.82, 2.24) is 14.7 Å². The second-order valence-electron chi connectivity index (χ2n) is 5.94. The number of carbonyl (C=O) groups is 1. The van der Waals surface area contributed by atoms with E-state index in [1.54, 1.807) is 34.8 Å². The highest BCUT2D eigenvalue weighted by Gasteiger charge is 2.25. The summed E-state index contributed by atoms with van der Waals surface area (Å²) in [6.07, 6.45) is 1.40. The van der Waals surface area contributed by atoms with E-state index in [-0.39, 0.29) is 24.3 Å². The number of nitrogens with zero attached hydrogens (tertiary/aromatic N) is 3. The molecular formula is C17H19F2N3O. The van der Waals surface area contributed by atoms with Gasteiger partial charge >= 0.3 is 0 Å². The Kier molecular flexibility index (Phi) is 4.41. The molecule has 1 amide bonds. The van der Waals surface area contributed by atoms with Crippen molar-refractivity contribution < 1.29 is 13.6 Å². The summed E-state index contributed by atoms with van der Waals surface area (Å²) >= 11 is 0. The van der Waals surface area contributed by atoms with Crippen molar-refractivity contribution in [2.24, 2.45) is 13.0 Å². The number of likely N-dealkylation sites (tertiary alicyclic amines) is 1. The number of alkyl halides is 1. The van der Waals surface area contributed by atoms with Gasteiger partial charge in [0.15, 0.2) is 0 Å². The van der Waals surface area contributed by atoms with Crippen LogP contribution >= 0.6 is 0 Å². The maximum Gasteiger partial charge on any atom is 0.272 e. The fourth-order valence-corrected chi connectivity index (χ4v) is 2.88. The number of hydrogen-bond acceptors (Lipinski definition) is 2. The summed E-state index contributed by atoms with van der Waals surface area (Å²) in [6.45, 7) is 0.831. The van der Waals surface area contributed by atoms with E-state index < -0.39 is 0 Å². The van der Waals surface area contributed by atoms with Gasteiger partial charge in [0.2, 0.25) is 0 Å². The van der Waals surface area contributed by atoms with E-state index in [1.165, 1.54) is 12.1 Å². The molecule has 1 saturated heterocycles. The van der Waals surface area contributed by atoms with Gasteiger partial charge < -0.3 is 4.90 Å². The van der Waals surface area contributed by atoms with Crippen LogP contribution in [0.4, 0.5) is 8.78 Å². The van der Waals surface area contributed by atoms with Crippen LogP contribution in [0.15, 0.2) is 30.3 Å². The normalized spacial score (nSPS) is 15.9. The van der Waals surface area contributed by atoms with Crippen LogP contribution in [0.1, 0.15) is 23.3 Å². The van der Waals surface area contributed by atoms with Crippen molar-refractivity contribution >= 4 is 5.91 Å². The lowest BCUT2D eigenvalue weighted by Gasteiger charge is -2.30. The summed E-state index contributed by atoms with van der Waals surface area (Å²) in [6, 6.07) is 7.73. The maximum atomic E-state index is 13.0. The smallest absolute Gasteiger partial charge is 0.272 e. The third kappa shape index (κ3) is 3.25. The summed E-state index contributed by atoms with van der Waals surface area (Å²) in [5, 5.41) is 4.34. The Bertz CT molecular complexity index is 688. The van der Waals surface area contributed by atoms with Gasteiger partial charge in [0.1, 0.15) is 11.5 Å². The third-order valence-corrected chi connectivity index (χ3v) is 4.36. The Morgan fingerprint density at radius 1 is 1.26 bits per heavy atom. The van der Waals surface area contributed by atoms with Crippen LogP contribution in [0.3, 0.4) is 0 Å². The molecule has 1 fully saturated rings. The summed E-state index contributed by atoms with van der Waals surface area (Å²) in [5.74, 6) is -0.331. The van der Waals surface area contributed by atoms with Crippen molar-refractivity contribution in [2.75, 3.05) is 19.8 Å². The van der Waals surface area contributed by atoms with Gasteiger partial charge in [-0.2, -0.15) is 5.10 Å². The highest BCUT2D eigenvalue weighted by molar-refractivity contribution is 5.93. The molecule has 23 heavy (non-hydrogen) atoms. The van der Waals surface area contributed by atoms with E-state index >= 15 is 0 Å². The largest absolute Gasteiger partial charge is 0.337 e. The number of carbonyl (C=O) groups excluding carboxylic acids is 1. The number of halogens is 2. The first-order valence-electron chi connectivity index (χ1n) is 7.73. The Morgan fingerprint density at radius 3 is 2.52 bits per heavy atom. The minimum Gasteiger partial charge on any atom is -0.337 e. The van der Waals surface area contributed by atoms with Gasteiger partial charge in [0.25, 0.3) is 5.91 Å². The zero-order valence-electron chi connectivity index (χ0n) is 13.0. The molecule has 6 heteroatoms. The fraction of sp³-hybridized carbons (Fsp3) is 0.412. The van der Waals surface area contributed by atoms with E-state index in [1.807, 2.05) is 0 Å². The molecule has 0 atom stereocenters. The lowest BCUT2D eigenvalue weighted by atomic mass is 9.98. The number of aryl methyl sites for hydroxylation is 1. The molecule has 122 valence electrons. The first kappa shape index (κ1) is 15.6. The van der Waals surface area contributed by atoms with Crippen LogP contribution in [-0.4, -0.2) is 40.4 Å². The van der Waals surface area contributed by atoms with E-state index in [0.29, 0.717) is 37.3 Å². The summed E-state index contributed by atoms with van der Waals surface area (Å²) in [5.41, 5.74) is 1.88. The second-order valence-corrected chi connectivity index (χ2v) is 5.94. The third-order valence-electron chi connectivity index (χ3n) is 4.36. The molecule has 2 heterocycles. The van der Waals surface area contributed by atoms with Gasteiger partial charge in [0, 0.05) is 25.7 Å². The number of rotatable bonds is 3. The number of aromatic nitrogens is 2. The molecule has 0 unspecified atom stereocenters. The molecule has 0 radical (unpaired) electrons. The summed E-state index contributed by atoms with van der Waals surface area (Å²) in [4.78, 5) is 14.4. The Hall–Kier alpha value is -2.24. The Morgan fingerprint density at radius 2 is 1.91 bits per heavy atom. The molecule has 3 rings (SSSR count). The fourth-order valence-electron chi connectivity index (χ4n) is 2.88. The quantitative estimate of drug-likeness (QED) is 0.872. The molecule has 1 aromatic carbocycles. The van der Waals surface area contributed by atoms with Crippen molar-refractivity contribution in [3.8, 4) is 11.3 Å². The summed E-state index contributed by atoms with van der Waals surface area (Å²) < 4.78 is 27.2. The van der Waals surface area contributed by atoms with Crippen molar-refractivity contribution in [3.63, 3.8) is 0 Å². The molecule has 0 N–H and O–H groups in total. The number of amides is 1. The standard InChI is InChI=1S/C17H19F2N3O/c1-21-16(17(23)22-8-6-12(11-18)7-9-22)10-15(20-21)13-2-4-14(19)5-3-13/h2-5,10,12H,6-9,11H2,1H3. The van der Waals surface area contributed by atoms with Gasteiger partial charge in [-0.05, 0) is 49.1 Å². The van der Waals surface area contributed by atoms with Crippen LogP contribution in [-0.2, 0) is 7.05 Å². The molecule has 0 aliphatic carbocycles. The average molecular weight is 319 g/mol. The first-order valence-corrected chi connectivity index (χ1v) is 7.73. The average Bonchev–Trinajstić information content (AvgIpc) is 2.96. The minimum atomic E-state index is -0.317. The lowest BCUT2D eigenvalue weighted by Crippen LogP contribution is -2.39. The molecule has 4 nitrogen and oxygen atoms in total. The lowest BCUT2D eigenvalue weighted by molar-refractivity contribution is 0.0666. The molecule has 0 bridgehead atoms. The number of piperidine rings is 1. The highest BCUT2D eigenvalue weighted by Crippen LogP contribution is 2.22. The van der Waals surface area contributed by atoms with Crippen molar-refractivity contribution in [3.05, 3.63) is 41.8 Å². The predicted octanol–water partition coefficient (Wildman–Crippen LogP) is 3.05. The molecule has 1 aromatic heterocycles. The van der Waals surface area contributed by atoms with Gasteiger partial charge in [-0.1, -0.05) is 0 Å². The van der Waals surface area contributed by atoms with E-state index in [9.17, 15) is 13.6 Å². The monoisotopic (exact) mass is 319 g/mol. The van der Waals surface area contributed by atoms with Gasteiger partial charge in [-0.15, -0.1) is 0 Å². The Balaban J connectivity index is 1.78. The second kappa shape index (κ2) is 6.48. The maximum absolute atomic E-state index is 13.0. The molecule has 0 spiro atoms. The van der Waals surface area contributed by atoms with Crippen molar-refractivity contribution in [2.45, 2.75) is 12.8 Å². The SMILES string of the molecule is Cn1nc(-c2ccc(F)cc2)cc1C(=O)N1CCC(CF)CC1. The first-order chi connectivity index (χ1) is 11.1. The minimum absolute atomic E-state index is 0.0698. The van der Waals surface area contributed by atoms with Gasteiger partial charge in [0.05, 0.1) is 12.4 Å². The zero-order valence-corrected chi connectivity index (χ0v) is 13.0. The van der Waals surface area contributed by atoms with E-state index in [0.717, 1.165) is 5.56 Å². The molecule has 1 aliphatic rings. The van der Waals surface area contributed by atoms with Crippen LogP contribution in [0.5, 0.6) is 0 Å².